The van der Waals surface area contributed by atoms with E-state index < -0.39 is 0 Å². The molecule has 10 aromatic carbocycles. The van der Waals surface area contributed by atoms with E-state index in [1.807, 2.05) is 12.1 Å². The number of fused-ring (bicyclic) bond motifs is 8. The van der Waals surface area contributed by atoms with Crippen LogP contribution < -0.4 is 26.2 Å². The van der Waals surface area contributed by atoms with E-state index >= 15 is 0 Å². The molecule has 9 heteroatoms. The van der Waals surface area contributed by atoms with Crippen LogP contribution in [0.2, 0.25) is 0 Å². The third kappa shape index (κ3) is 6.28. The number of para-hydroxylation sites is 4. The molecule has 0 bridgehead atoms. The molecule has 0 atom stereocenters. The Morgan fingerprint density at radius 2 is 0.870 bits per heavy atom. The molecule has 3 aliphatic heterocycles. The molecule has 0 saturated carbocycles. The minimum atomic E-state index is -0.258. The summed E-state index contributed by atoms with van der Waals surface area (Å²) in [4.78, 5) is 33.4. The van der Waals surface area contributed by atoms with Gasteiger partial charge in [0.2, 0.25) is 0 Å². The van der Waals surface area contributed by atoms with E-state index in [1.165, 1.54) is 43.1 Å². The molecule has 6 heterocycles. The minimum absolute atomic E-state index is 0.0822. The van der Waals surface area contributed by atoms with Crippen LogP contribution in [0.5, 0.6) is 0 Å². The smallest absolute Gasteiger partial charge is 0.261 e. The second-order valence-corrected chi connectivity index (χ2v) is 20.5. The van der Waals surface area contributed by atoms with Crippen LogP contribution in [-0.4, -0.2) is 37.1 Å². The summed E-state index contributed by atoms with van der Waals surface area (Å²) in [5, 5.41) is 4.49. The molecule has 3 aliphatic rings. The van der Waals surface area contributed by atoms with E-state index in [9.17, 15) is 9.59 Å². The van der Waals surface area contributed by atoms with Crippen molar-refractivity contribution in [3.63, 3.8) is 0 Å². The number of carbonyl (C=O) groups is 2. The Kier molecular flexibility index (Phi) is 9.25. The Hall–Kier alpha value is -10.1. The Labute approximate surface area is 444 Å². The molecule has 13 aromatic rings. The molecule has 3 aromatic heterocycles. The number of hydrogen-bond donors (Lipinski definition) is 0. The van der Waals surface area contributed by atoms with Gasteiger partial charge in [-0.3, -0.25) is 14.5 Å². The van der Waals surface area contributed by atoms with Gasteiger partial charge in [0.25, 0.3) is 18.5 Å². The summed E-state index contributed by atoms with van der Waals surface area (Å²) >= 11 is 0. The van der Waals surface area contributed by atoms with Gasteiger partial charge >= 0.3 is 0 Å². The summed E-state index contributed by atoms with van der Waals surface area (Å²) in [7, 11) is 0. The van der Waals surface area contributed by atoms with Gasteiger partial charge in [-0.25, -0.2) is 0 Å². The van der Waals surface area contributed by atoms with Crippen LogP contribution >= 0.6 is 0 Å². The summed E-state index contributed by atoms with van der Waals surface area (Å²) in [5.41, 5.74) is 21.1. The fourth-order valence-corrected chi connectivity index (χ4v) is 13.0. The third-order valence-corrected chi connectivity index (χ3v) is 16.3. The van der Waals surface area contributed by atoms with Gasteiger partial charge in [-0.2, -0.15) is 0 Å². The molecule has 0 aliphatic carbocycles. The van der Waals surface area contributed by atoms with Crippen molar-refractivity contribution >= 4 is 113 Å². The number of benzene rings is 10. The van der Waals surface area contributed by atoms with Crippen LogP contribution in [-0.2, 0) is 6.54 Å². The van der Waals surface area contributed by atoms with Crippen LogP contribution in [0.3, 0.4) is 0 Å². The predicted octanol–water partition coefficient (Wildman–Crippen LogP) is 13.9. The molecule has 0 unspecified atom stereocenters. The van der Waals surface area contributed by atoms with Crippen molar-refractivity contribution < 1.29 is 9.59 Å². The lowest BCUT2D eigenvalue weighted by atomic mass is 9.34. The van der Waals surface area contributed by atoms with Crippen molar-refractivity contribution in [2.75, 3.05) is 9.80 Å². The molecule has 0 spiro atoms. The Bertz CT molecular complexity index is 4320. The van der Waals surface area contributed by atoms with Gasteiger partial charge in [-0.05, 0) is 150 Å². The average Bonchev–Trinajstić information content (AvgIpc) is 4.46. The first-order valence-electron chi connectivity index (χ1n) is 26.2. The molecule has 77 heavy (non-hydrogen) atoms. The maximum atomic E-state index is 13.6. The number of anilines is 6. The van der Waals surface area contributed by atoms with Crippen molar-refractivity contribution in [3.8, 4) is 17.1 Å². The van der Waals surface area contributed by atoms with Crippen molar-refractivity contribution in [2.45, 2.75) is 13.5 Å². The summed E-state index contributed by atoms with van der Waals surface area (Å²) < 4.78 is 7.28. The molecule has 16 rings (SSSR count). The largest absolute Gasteiger partial charge is 0.317 e. The standard InChI is InChI=1S/C68H45BN6O2/c1-43-26-30-60-54(38-43)55-39-44(42-72-67(76)50-24-14-15-25-51(50)68(72)77)27-31-61(55)75(60)49-40-62-64-63(41-49)71-37-35-53-59(74(47-20-10-4-11-21-47)48-22-12-5-13-23-48)33-29-57(66(53)71)69(64)56-28-32-58(52-34-36-70(62)65(52)56)73(45-16-6-2-7-17-45)46-18-8-3-9-19-46/h2-41H,42H2,1H3. The summed E-state index contributed by atoms with van der Waals surface area (Å²) in [6, 6.07) is 81.7. The maximum absolute atomic E-state index is 13.6. The van der Waals surface area contributed by atoms with E-state index in [0.29, 0.717) is 11.1 Å². The van der Waals surface area contributed by atoms with Crippen molar-refractivity contribution in [1.82, 2.24) is 18.6 Å². The third-order valence-electron chi connectivity index (χ3n) is 16.3. The van der Waals surface area contributed by atoms with Gasteiger partial charge in [0.15, 0.2) is 0 Å². The summed E-state index contributed by atoms with van der Waals surface area (Å²) in [6.07, 6.45) is 4.54. The van der Waals surface area contributed by atoms with Crippen molar-refractivity contribution in [1.29, 1.82) is 0 Å². The average molecular weight is 989 g/mol. The highest BCUT2D eigenvalue weighted by molar-refractivity contribution is 7.00. The van der Waals surface area contributed by atoms with Crippen molar-refractivity contribution in [2.24, 2.45) is 0 Å². The maximum Gasteiger partial charge on any atom is 0.261 e. The number of amides is 2. The number of rotatable bonds is 9. The number of carbonyl (C=O) groups excluding carboxylic acids is 2. The molecular formula is C68H45BN6O2. The number of imide groups is 1. The van der Waals surface area contributed by atoms with Gasteiger partial charge in [-0.1, -0.05) is 115 Å². The topological polar surface area (TPSA) is 58.7 Å². The second-order valence-electron chi connectivity index (χ2n) is 20.5. The number of aromatic nitrogens is 3. The van der Waals surface area contributed by atoms with Gasteiger partial charge in [-0.15, -0.1) is 0 Å². The van der Waals surface area contributed by atoms with Gasteiger partial charge in [0.05, 0.1) is 56.8 Å². The second kappa shape index (κ2) is 16.4. The zero-order chi connectivity index (χ0) is 51.0. The molecule has 0 radical (unpaired) electrons. The first kappa shape index (κ1) is 43.3. The predicted molar refractivity (Wildman–Crippen MR) is 314 cm³/mol. The highest BCUT2D eigenvalue weighted by Gasteiger charge is 2.41. The molecule has 8 nitrogen and oxygen atoms in total. The lowest BCUT2D eigenvalue weighted by molar-refractivity contribution is 0.0642. The summed E-state index contributed by atoms with van der Waals surface area (Å²) in [6.45, 7) is 2.23. The van der Waals surface area contributed by atoms with Crippen LogP contribution in [0.25, 0.3) is 60.7 Å². The van der Waals surface area contributed by atoms with Crippen LogP contribution in [0, 0.1) is 6.92 Å². The Balaban J connectivity index is 0.944. The molecular weight excluding hydrogens is 944 g/mol. The number of aryl methyl sites for hydroxylation is 1. The first-order valence-corrected chi connectivity index (χ1v) is 26.2. The Morgan fingerprint density at radius 3 is 1.35 bits per heavy atom. The van der Waals surface area contributed by atoms with E-state index in [-0.39, 0.29) is 25.1 Å². The highest BCUT2D eigenvalue weighted by Crippen LogP contribution is 2.45. The van der Waals surface area contributed by atoms with Crippen molar-refractivity contribution in [3.05, 3.63) is 265 Å². The van der Waals surface area contributed by atoms with Crippen LogP contribution in [0.15, 0.2) is 243 Å². The monoisotopic (exact) mass is 988 g/mol. The van der Waals surface area contributed by atoms with E-state index in [0.717, 1.165) is 84.1 Å². The zero-order valence-corrected chi connectivity index (χ0v) is 41.9. The van der Waals surface area contributed by atoms with Gasteiger partial charge < -0.3 is 23.5 Å². The van der Waals surface area contributed by atoms with E-state index in [1.54, 1.807) is 12.1 Å². The number of hydrogen-bond acceptors (Lipinski definition) is 4. The fourth-order valence-electron chi connectivity index (χ4n) is 13.0. The summed E-state index contributed by atoms with van der Waals surface area (Å²) in [5.74, 6) is -0.516. The SMILES string of the molecule is Cc1ccc2c(c1)c1cc(CN3C(=O)c4ccccc4C3=O)ccc1n2-c1cc2c3c(c1)-n1ccc4c(N(c5ccccc5)c5ccccc5)ccc(c41)B3c1ccc(N(c3ccccc3)c3ccccc3)c3ccn-2c13. The van der Waals surface area contributed by atoms with Crippen LogP contribution in [0.1, 0.15) is 31.8 Å². The lowest BCUT2D eigenvalue weighted by Crippen LogP contribution is -2.59. The van der Waals surface area contributed by atoms with E-state index in [2.05, 4.69) is 249 Å². The van der Waals surface area contributed by atoms with Crippen LogP contribution in [0.4, 0.5) is 34.1 Å². The van der Waals surface area contributed by atoms with E-state index in [4.69, 9.17) is 0 Å². The van der Waals surface area contributed by atoms with Gasteiger partial charge in [0, 0.05) is 68.1 Å². The number of nitrogens with zero attached hydrogens (tertiary/aromatic N) is 6. The van der Waals surface area contributed by atoms with Gasteiger partial charge in [0.1, 0.15) is 0 Å². The molecule has 0 saturated heterocycles. The molecule has 362 valence electrons. The molecule has 0 N–H and O–H groups in total. The zero-order valence-electron chi connectivity index (χ0n) is 41.9. The lowest BCUT2D eigenvalue weighted by Gasteiger charge is -2.35. The normalized spacial score (nSPS) is 13.1. The quantitative estimate of drug-likeness (QED) is 0.107. The minimum Gasteiger partial charge on any atom is -0.317 e. The highest BCUT2D eigenvalue weighted by atomic mass is 16.2. The fraction of sp³-hybridized carbons (Fsp3) is 0.0294. The Morgan fingerprint density at radius 1 is 0.429 bits per heavy atom. The first-order chi connectivity index (χ1) is 38.0. The molecule has 0 fully saturated rings. The molecule has 2 amide bonds.